The predicted molar refractivity (Wildman–Crippen MR) is 72.9 cm³/mol. The molecule has 2 aromatic heterocycles. The Morgan fingerprint density at radius 3 is 2.76 bits per heavy atom. The summed E-state index contributed by atoms with van der Waals surface area (Å²) in [6, 6.07) is 0. The first-order valence-electron chi connectivity index (χ1n) is 6.28. The van der Waals surface area contributed by atoms with Gasteiger partial charge in [-0.15, -0.1) is 6.42 Å². The van der Waals surface area contributed by atoms with E-state index in [4.69, 9.17) is 22.0 Å². The summed E-state index contributed by atoms with van der Waals surface area (Å²) < 4.78 is 6.96. The van der Waals surface area contributed by atoms with Crippen LogP contribution in [-0.2, 0) is 4.74 Å². The average Bonchev–Trinajstić information content (AvgIpc) is 2.99. The Balaban J connectivity index is 2.14. The molecule has 21 heavy (non-hydrogen) atoms. The largest absolute Gasteiger partial charge is 0.394 e. The number of nitrogen functional groups attached to an aromatic ring is 1. The first-order valence-corrected chi connectivity index (χ1v) is 6.28. The van der Waals surface area contributed by atoms with E-state index < -0.39 is 31.1 Å². The van der Waals surface area contributed by atoms with E-state index >= 15 is 0 Å². The minimum Gasteiger partial charge on any atom is -0.394 e. The Kier molecular flexibility index (Phi) is 3.27. The number of terminal acetylenes is 1. The van der Waals surface area contributed by atoms with Crippen molar-refractivity contribution < 1.29 is 20.1 Å². The molecule has 2 aromatic rings. The molecular formula is C13H14N4O4. The molecule has 0 aromatic carbocycles. The number of nitrogens with zero attached hydrogens (tertiary/aromatic N) is 3. The van der Waals surface area contributed by atoms with E-state index in [1.54, 1.807) is 6.20 Å². The highest BCUT2D eigenvalue weighted by atomic mass is 16.6. The Morgan fingerprint density at radius 1 is 1.38 bits per heavy atom. The van der Waals surface area contributed by atoms with Crippen LogP contribution in [0.3, 0.4) is 0 Å². The lowest BCUT2D eigenvalue weighted by molar-refractivity contribution is -0.0508. The average molecular weight is 290 g/mol. The number of aromatic nitrogens is 3. The lowest BCUT2D eigenvalue weighted by Gasteiger charge is -2.17. The number of fused-ring (bicyclic) bond motifs is 1. The minimum absolute atomic E-state index is 0.221. The maximum Gasteiger partial charge on any atom is 0.164 e. The van der Waals surface area contributed by atoms with Crippen LogP contribution in [0, 0.1) is 12.3 Å². The molecule has 110 valence electrons. The van der Waals surface area contributed by atoms with Crippen LogP contribution >= 0.6 is 0 Å². The Labute approximate surface area is 119 Å². The third kappa shape index (κ3) is 1.95. The minimum atomic E-state index is -1.22. The topological polar surface area (TPSA) is 127 Å². The first-order chi connectivity index (χ1) is 10.1. The second-order valence-corrected chi connectivity index (χ2v) is 4.78. The lowest BCUT2D eigenvalue weighted by Crippen LogP contribution is -2.33. The van der Waals surface area contributed by atoms with E-state index in [1.165, 1.54) is 10.9 Å². The van der Waals surface area contributed by atoms with Gasteiger partial charge in [-0.2, -0.15) is 0 Å². The number of rotatable bonds is 2. The van der Waals surface area contributed by atoms with Crippen molar-refractivity contribution in [1.29, 1.82) is 0 Å². The van der Waals surface area contributed by atoms with E-state index in [-0.39, 0.29) is 5.82 Å². The van der Waals surface area contributed by atoms with Gasteiger partial charge in [0, 0.05) is 6.20 Å². The zero-order valence-electron chi connectivity index (χ0n) is 10.9. The van der Waals surface area contributed by atoms with Gasteiger partial charge < -0.3 is 30.4 Å². The highest BCUT2D eigenvalue weighted by Crippen LogP contribution is 2.34. The van der Waals surface area contributed by atoms with Crippen molar-refractivity contribution >= 4 is 16.9 Å². The third-order valence-corrected chi connectivity index (χ3v) is 3.59. The van der Waals surface area contributed by atoms with Crippen molar-refractivity contribution in [3.05, 3.63) is 18.1 Å². The second-order valence-electron chi connectivity index (χ2n) is 4.78. The molecule has 4 atom stereocenters. The molecule has 0 radical (unpaired) electrons. The van der Waals surface area contributed by atoms with E-state index in [0.29, 0.717) is 16.6 Å². The van der Waals surface area contributed by atoms with E-state index in [0.717, 1.165) is 0 Å². The quantitative estimate of drug-likeness (QED) is 0.501. The fraction of sp³-hybridized carbons (Fsp3) is 0.385. The lowest BCUT2D eigenvalue weighted by atomic mass is 10.1. The second kappa shape index (κ2) is 4.98. The summed E-state index contributed by atoms with van der Waals surface area (Å²) >= 11 is 0. The first kappa shape index (κ1) is 13.8. The summed E-state index contributed by atoms with van der Waals surface area (Å²) in [4.78, 5) is 7.99. The highest BCUT2D eigenvalue weighted by Gasteiger charge is 2.44. The summed E-state index contributed by atoms with van der Waals surface area (Å²) in [6.45, 7) is -0.410. The summed E-state index contributed by atoms with van der Waals surface area (Å²) in [6.07, 6.45) is 4.05. The van der Waals surface area contributed by atoms with E-state index in [2.05, 4.69) is 15.9 Å². The van der Waals surface area contributed by atoms with Crippen LogP contribution in [0.5, 0.6) is 0 Å². The molecule has 0 unspecified atom stereocenters. The van der Waals surface area contributed by atoms with Crippen LogP contribution < -0.4 is 5.73 Å². The fourth-order valence-electron chi connectivity index (χ4n) is 2.52. The molecule has 8 nitrogen and oxygen atoms in total. The van der Waals surface area contributed by atoms with Crippen molar-refractivity contribution in [1.82, 2.24) is 14.5 Å². The van der Waals surface area contributed by atoms with Gasteiger partial charge in [-0.25, -0.2) is 9.97 Å². The normalized spacial score (nSPS) is 28.9. The van der Waals surface area contributed by atoms with Gasteiger partial charge in [0.2, 0.25) is 0 Å². The summed E-state index contributed by atoms with van der Waals surface area (Å²) in [5, 5.41) is 29.6. The molecule has 0 aliphatic carbocycles. The molecule has 0 amide bonds. The number of aliphatic hydroxyl groups is 3. The molecule has 3 heterocycles. The number of ether oxygens (including phenoxy) is 1. The van der Waals surface area contributed by atoms with Crippen LogP contribution in [-0.4, -0.2) is 54.8 Å². The Bertz CT molecular complexity index is 723. The zero-order chi connectivity index (χ0) is 15.1. The molecule has 0 bridgehead atoms. The summed E-state index contributed by atoms with van der Waals surface area (Å²) in [7, 11) is 0. The molecule has 0 spiro atoms. The van der Waals surface area contributed by atoms with Crippen molar-refractivity contribution in [2.24, 2.45) is 0 Å². The van der Waals surface area contributed by atoms with Gasteiger partial charge in [0.05, 0.1) is 17.6 Å². The van der Waals surface area contributed by atoms with Crippen molar-refractivity contribution in [3.63, 3.8) is 0 Å². The van der Waals surface area contributed by atoms with Crippen LogP contribution in [0.25, 0.3) is 11.0 Å². The van der Waals surface area contributed by atoms with Gasteiger partial charge in [0.15, 0.2) is 6.23 Å². The van der Waals surface area contributed by atoms with Gasteiger partial charge in [-0.3, -0.25) is 0 Å². The molecule has 1 saturated heterocycles. The van der Waals surface area contributed by atoms with Crippen molar-refractivity contribution in [2.45, 2.75) is 24.5 Å². The number of anilines is 1. The van der Waals surface area contributed by atoms with Crippen LogP contribution in [0.1, 0.15) is 11.8 Å². The number of hydrogen-bond acceptors (Lipinski definition) is 7. The molecule has 5 N–H and O–H groups in total. The maximum atomic E-state index is 10.1. The Hall–Kier alpha value is -2.18. The third-order valence-electron chi connectivity index (χ3n) is 3.59. The highest BCUT2D eigenvalue weighted by molar-refractivity contribution is 5.92. The standard InChI is InChI=1S/C13H14N4O4/c1-2-6-3-17(12-8(6)11(14)15-5-16-12)13-10(20)9(19)7(4-18)21-13/h1,3,5,7,9-10,13,18-20H,4H2,(H2,14,15,16)/t7-,9-,10+,13-/m1/s1. The fourth-order valence-corrected chi connectivity index (χ4v) is 2.52. The van der Waals surface area contributed by atoms with Crippen molar-refractivity contribution in [3.8, 4) is 12.3 Å². The van der Waals surface area contributed by atoms with Gasteiger partial charge in [0.25, 0.3) is 0 Å². The smallest absolute Gasteiger partial charge is 0.164 e. The van der Waals surface area contributed by atoms with Gasteiger partial charge in [0.1, 0.15) is 36.1 Å². The molecule has 1 fully saturated rings. The van der Waals surface area contributed by atoms with Crippen LogP contribution in [0.4, 0.5) is 5.82 Å². The van der Waals surface area contributed by atoms with Gasteiger partial charge >= 0.3 is 0 Å². The maximum absolute atomic E-state index is 10.1. The molecule has 1 aliphatic heterocycles. The van der Waals surface area contributed by atoms with Gasteiger partial charge in [-0.05, 0) is 0 Å². The van der Waals surface area contributed by atoms with Crippen LogP contribution in [0.15, 0.2) is 12.5 Å². The zero-order valence-corrected chi connectivity index (χ0v) is 10.9. The number of nitrogens with two attached hydrogens (primary N) is 1. The molecule has 1 aliphatic rings. The van der Waals surface area contributed by atoms with Crippen LogP contribution in [0.2, 0.25) is 0 Å². The molecule has 0 saturated carbocycles. The predicted octanol–water partition coefficient (Wildman–Crippen LogP) is -1.39. The van der Waals surface area contributed by atoms with E-state index in [9.17, 15) is 10.2 Å². The number of hydrogen-bond donors (Lipinski definition) is 4. The summed E-state index contributed by atoms with van der Waals surface area (Å²) in [5.41, 5.74) is 6.66. The SMILES string of the molecule is C#Cc1cn([C@@H]2O[C@H](CO)[C@@H](O)[C@@H]2O)c2ncnc(N)c12. The summed E-state index contributed by atoms with van der Waals surface area (Å²) in [5.74, 6) is 2.70. The molecule has 3 rings (SSSR count). The monoisotopic (exact) mass is 290 g/mol. The molecular weight excluding hydrogens is 276 g/mol. The number of aliphatic hydroxyl groups excluding tert-OH is 3. The van der Waals surface area contributed by atoms with Gasteiger partial charge in [-0.1, -0.05) is 5.92 Å². The van der Waals surface area contributed by atoms with Crippen molar-refractivity contribution in [2.75, 3.05) is 12.3 Å². The Morgan fingerprint density at radius 2 is 2.14 bits per heavy atom. The molecule has 8 heteroatoms. The van der Waals surface area contributed by atoms with E-state index in [1.807, 2.05) is 0 Å².